The van der Waals surface area contributed by atoms with Crippen molar-refractivity contribution >= 4 is 15.8 Å². The molecule has 0 aliphatic rings. The second-order valence-corrected chi connectivity index (χ2v) is 10.2. The molecule has 0 unspecified atom stereocenters. The maximum atomic E-state index is 13.8. The molecule has 24 heavy (non-hydrogen) atoms. The number of methoxy groups -OCH3 is 1. The maximum absolute atomic E-state index is 13.8. The van der Waals surface area contributed by atoms with Crippen molar-refractivity contribution in [3.8, 4) is 5.75 Å². The normalized spacial score (nSPS) is 14.4. The molecule has 1 rings (SSSR count). The van der Waals surface area contributed by atoms with Crippen LogP contribution in [-0.2, 0) is 9.73 Å². The Balaban J connectivity index is 3.57. The average Bonchev–Trinajstić information content (AvgIpc) is 2.45. The largest absolute Gasteiger partial charge is 0.497 e. The number of amides is 2. The van der Waals surface area contributed by atoms with E-state index >= 15 is 0 Å². The van der Waals surface area contributed by atoms with Crippen LogP contribution in [-0.4, -0.2) is 39.1 Å². The van der Waals surface area contributed by atoms with Crippen LogP contribution in [0.25, 0.3) is 0 Å². The van der Waals surface area contributed by atoms with Crippen LogP contribution in [0.2, 0.25) is 0 Å². The second kappa shape index (κ2) is 7.55. The van der Waals surface area contributed by atoms with Gasteiger partial charge >= 0.3 is 6.03 Å². The third-order valence-corrected chi connectivity index (χ3v) is 6.70. The number of rotatable bonds is 4. The van der Waals surface area contributed by atoms with Crippen LogP contribution in [0, 0.1) is 0 Å². The van der Waals surface area contributed by atoms with Crippen molar-refractivity contribution in [2.45, 2.75) is 70.2 Å². The highest BCUT2D eigenvalue weighted by atomic mass is 32.2. The van der Waals surface area contributed by atoms with Crippen LogP contribution in [0.4, 0.5) is 4.79 Å². The molecule has 0 N–H and O–H groups in total. The number of carbonyl (C=O) groups is 1. The van der Waals surface area contributed by atoms with Crippen molar-refractivity contribution in [3.63, 3.8) is 0 Å². The zero-order chi connectivity index (χ0) is 18.7. The lowest BCUT2D eigenvalue weighted by molar-refractivity contribution is 0.175. The van der Waals surface area contributed by atoms with E-state index in [0.717, 1.165) is 0 Å². The van der Waals surface area contributed by atoms with Gasteiger partial charge in [-0.15, -0.1) is 4.36 Å². The van der Waals surface area contributed by atoms with E-state index < -0.39 is 20.5 Å². The first-order valence-electron chi connectivity index (χ1n) is 8.17. The Morgan fingerprint density at radius 1 is 1.17 bits per heavy atom. The van der Waals surface area contributed by atoms with Crippen LogP contribution >= 0.6 is 0 Å². The van der Waals surface area contributed by atoms with Crippen molar-refractivity contribution in [1.29, 1.82) is 0 Å². The Morgan fingerprint density at radius 3 is 2.12 bits per heavy atom. The fraction of sp³-hybridized carbons (Fsp3) is 0.611. The molecule has 0 heterocycles. The minimum absolute atomic E-state index is 0.0184. The van der Waals surface area contributed by atoms with Crippen LogP contribution in [0.15, 0.2) is 33.5 Å². The summed E-state index contributed by atoms with van der Waals surface area (Å²) in [6.07, 6.45) is 0. The van der Waals surface area contributed by atoms with E-state index in [-0.39, 0.29) is 12.1 Å². The zero-order valence-electron chi connectivity index (χ0n) is 16.0. The summed E-state index contributed by atoms with van der Waals surface area (Å²) in [5.74, 6) is 0.594. The average molecular weight is 355 g/mol. The van der Waals surface area contributed by atoms with Gasteiger partial charge < -0.3 is 9.64 Å². The number of ether oxygens (including phenoxy) is 1. The lowest BCUT2D eigenvalue weighted by Crippen LogP contribution is -2.41. The first-order valence-corrected chi connectivity index (χ1v) is 9.68. The molecular weight excluding hydrogens is 324 g/mol. The van der Waals surface area contributed by atoms with Gasteiger partial charge in [0.25, 0.3) is 0 Å². The van der Waals surface area contributed by atoms with Gasteiger partial charge in [0.05, 0.1) is 26.5 Å². The maximum Gasteiger partial charge on any atom is 0.352 e. The first-order chi connectivity index (χ1) is 10.9. The van der Waals surface area contributed by atoms with Gasteiger partial charge in [-0.05, 0) is 66.7 Å². The van der Waals surface area contributed by atoms with Gasteiger partial charge in [-0.2, -0.15) is 0 Å². The molecule has 1 atom stereocenters. The molecule has 5 nitrogen and oxygen atoms in total. The first kappa shape index (κ1) is 20.5. The van der Waals surface area contributed by atoms with Crippen molar-refractivity contribution in [2.75, 3.05) is 7.11 Å². The number of carbonyl (C=O) groups excluding carboxylic acids is 1. The molecule has 0 saturated carbocycles. The van der Waals surface area contributed by atoms with Crippen molar-refractivity contribution in [3.05, 3.63) is 24.3 Å². The summed E-state index contributed by atoms with van der Waals surface area (Å²) in [5.41, 5.74) is 0. The minimum atomic E-state index is -2.97. The van der Waals surface area contributed by atoms with Crippen LogP contribution < -0.4 is 4.74 Å². The predicted molar refractivity (Wildman–Crippen MR) is 99.1 cm³/mol. The van der Waals surface area contributed by atoms with E-state index in [4.69, 9.17) is 4.74 Å². The van der Waals surface area contributed by atoms with Gasteiger partial charge in [-0.25, -0.2) is 9.00 Å². The molecular formula is C18H30N2O3S. The molecule has 0 aliphatic heterocycles. The van der Waals surface area contributed by atoms with Crippen LogP contribution in [0.1, 0.15) is 48.5 Å². The van der Waals surface area contributed by atoms with Crippen LogP contribution in [0.5, 0.6) is 5.75 Å². The molecule has 0 aliphatic carbocycles. The summed E-state index contributed by atoms with van der Waals surface area (Å²) in [6, 6.07) is 6.50. The lowest BCUT2D eigenvalue weighted by atomic mass is 10.2. The molecule has 0 bridgehead atoms. The fourth-order valence-electron chi connectivity index (χ4n) is 2.51. The van der Waals surface area contributed by atoms with Gasteiger partial charge in [0.2, 0.25) is 0 Å². The molecule has 1 aromatic rings. The van der Waals surface area contributed by atoms with E-state index in [9.17, 15) is 9.00 Å². The summed E-state index contributed by atoms with van der Waals surface area (Å²) >= 11 is 0. The number of hydrogen-bond donors (Lipinski definition) is 0. The minimum Gasteiger partial charge on any atom is -0.497 e. The molecule has 136 valence electrons. The number of nitrogens with zero attached hydrogens (tertiary/aromatic N) is 2. The molecule has 2 amide bonds. The molecule has 6 heteroatoms. The zero-order valence-corrected chi connectivity index (χ0v) is 16.8. The molecule has 0 fully saturated rings. The number of benzene rings is 1. The third-order valence-electron chi connectivity index (χ3n) is 3.73. The van der Waals surface area contributed by atoms with Crippen molar-refractivity contribution < 1.29 is 13.7 Å². The molecule has 1 aromatic carbocycles. The van der Waals surface area contributed by atoms with Gasteiger partial charge in [0, 0.05) is 12.1 Å². The smallest absolute Gasteiger partial charge is 0.352 e. The SMILES string of the molecule is COc1cccc([S@@](=O)(=NC(=O)N(C(C)C)C(C)C)C(C)(C)C)c1. The summed E-state index contributed by atoms with van der Waals surface area (Å²) in [6.45, 7) is 13.2. The quantitative estimate of drug-likeness (QED) is 0.796. The Morgan fingerprint density at radius 2 is 1.71 bits per heavy atom. The monoisotopic (exact) mass is 354 g/mol. The number of hydrogen-bond acceptors (Lipinski definition) is 3. The highest BCUT2D eigenvalue weighted by Gasteiger charge is 2.32. The summed E-state index contributed by atoms with van der Waals surface area (Å²) in [7, 11) is -1.42. The van der Waals surface area contributed by atoms with Crippen molar-refractivity contribution in [2.24, 2.45) is 4.36 Å². The second-order valence-electron chi connectivity index (χ2n) is 7.29. The van der Waals surface area contributed by atoms with E-state index in [1.54, 1.807) is 36.3 Å². The van der Waals surface area contributed by atoms with Gasteiger partial charge in [0.1, 0.15) is 5.75 Å². The van der Waals surface area contributed by atoms with Gasteiger partial charge in [-0.1, -0.05) is 6.07 Å². The van der Waals surface area contributed by atoms with E-state index in [1.807, 2.05) is 48.5 Å². The molecule has 0 aromatic heterocycles. The lowest BCUT2D eigenvalue weighted by Gasteiger charge is -2.31. The number of urea groups is 1. The van der Waals surface area contributed by atoms with E-state index in [2.05, 4.69) is 4.36 Å². The Bertz CT molecular complexity index is 688. The highest BCUT2D eigenvalue weighted by molar-refractivity contribution is 7.95. The summed E-state index contributed by atoms with van der Waals surface area (Å²) in [5, 5.41) is 0. The summed E-state index contributed by atoms with van der Waals surface area (Å²) in [4.78, 5) is 14.9. The topological polar surface area (TPSA) is 59.0 Å². The molecule has 0 radical (unpaired) electrons. The van der Waals surface area contributed by atoms with Crippen LogP contribution in [0.3, 0.4) is 0 Å². The molecule has 0 spiro atoms. The Labute approximate surface area is 146 Å². The Kier molecular flexibility index (Phi) is 6.45. The van der Waals surface area contributed by atoms with E-state index in [0.29, 0.717) is 10.6 Å². The highest BCUT2D eigenvalue weighted by Crippen LogP contribution is 2.30. The summed E-state index contributed by atoms with van der Waals surface area (Å²) < 4.78 is 22.5. The fourth-order valence-corrected chi connectivity index (χ4v) is 4.45. The Hall–Kier alpha value is -1.56. The third kappa shape index (κ3) is 4.29. The standard InChI is InChI=1S/C18H30N2O3S/c1-13(2)20(14(3)4)17(21)19-24(22,18(5,6)7)16-11-9-10-15(12-16)23-8/h9-14H,1-8H3/t24-/m0/s1. The van der Waals surface area contributed by atoms with Crippen molar-refractivity contribution in [1.82, 2.24) is 4.90 Å². The molecule has 0 saturated heterocycles. The predicted octanol–water partition coefficient (Wildman–Crippen LogP) is 4.56. The van der Waals surface area contributed by atoms with Gasteiger partial charge in [0.15, 0.2) is 0 Å². The van der Waals surface area contributed by atoms with E-state index in [1.165, 1.54) is 0 Å². The van der Waals surface area contributed by atoms with Gasteiger partial charge in [-0.3, -0.25) is 0 Å².